The summed E-state index contributed by atoms with van der Waals surface area (Å²) in [4.78, 5) is 14.4. The predicted octanol–water partition coefficient (Wildman–Crippen LogP) is 2.32. The van der Waals surface area contributed by atoms with Crippen molar-refractivity contribution in [1.82, 2.24) is 4.98 Å². The number of nitrogens with one attached hydrogen (secondary N) is 2. The first-order chi connectivity index (χ1) is 7.84. The quantitative estimate of drug-likeness (QED) is 0.724. The molecule has 1 rings (SSSR count). The van der Waals surface area contributed by atoms with E-state index < -0.39 is 14.2 Å². The Labute approximate surface area is 102 Å². The largest absolute Gasteiger partial charge is 0.450 e. The van der Waals surface area contributed by atoms with Crippen molar-refractivity contribution < 1.29 is 14.6 Å². The molecule has 0 aliphatic rings. The lowest BCUT2D eigenvalue weighted by molar-refractivity contribution is 0.150. The molecule has 1 amide bonds. The van der Waals surface area contributed by atoms with Crippen LogP contribution in [0.15, 0.2) is 12.4 Å². The van der Waals surface area contributed by atoms with Crippen molar-refractivity contribution in [2.24, 2.45) is 0 Å². The molecule has 0 saturated heterocycles. The van der Waals surface area contributed by atoms with Crippen LogP contribution in [0.1, 0.15) is 12.5 Å². The number of hydrogen-bond acceptors (Lipinski definition) is 3. The summed E-state index contributed by atoms with van der Waals surface area (Å²) in [6.07, 6.45) is 2.78. The van der Waals surface area contributed by atoms with Gasteiger partial charge in [-0.1, -0.05) is 19.6 Å². The van der Waals surface area contributed by atoms with Gasteiger partial charge in [-0.3, -0.25) is 5.32 Å². The molecular formula is C11H20N2O3Si. The molecule has 17 heavy (non-hydrogen) atoms. The molecule has 1 atom stereocenters. The van der Waals surface area contributed by atoms with Gasteiger partial charge >= 0.3 is 6.09 Å². The average molecular weight is 256 g/mol. The molecule has 1 heterocycles. The number of aliphatic hydroxyl groups excluding tert-OH is 1. The number of aromatic amines is 1. The standard InChI is InChI=1S/C11H20N2O3Si/c1-8(17(2,3)4)16-11(15)13-10-6-12-5-9(10)7-14/h5-6,8,12,14H,7H2,1-4H3,(H,13,15). The second-order valence-electron chi connectivity index (χ2n) is 5.09. The molecule has 0 radical (unpaired) electrons. The lowest BCUT2D eigenvalue weighted by Crippen LogP contribution is -2.40. The van der Waals surface area contributed by atoms with Gasteiger partial charge in [0.25, 0.3) is 0 Å². The monoisotopic (exact) mass is 256 g/mol. The Morgan fingerprint density at radius 3 is 2.71 bits per heavy atom. The van der Waals surface area contributed by atoms with E-state index in [4.69, 9.17) is 9.84 Å². The summed E-state index contributed by atoms with van der Waals surface area (Å²) in [7, 11) is -1.49. The zero-order chi connectivity index (χ0) is 13.1. The Hall–Kier alpha value is -1.27. The molecule has 0 aromatic carbocycles. The minimum atomic E-state index is -1.49. The number of amides is 1. The third-order valence-electron chi connectivity index (χ3n) is 2.74. The zero-order valence-electron chi connectivity index (χ0n) is 10.7. The predicted molar refractivity (Wildman–Crippen MR) is 69.6 cm³/mol. The van der Waals surface area contributed by atoms with E-state index in [0.717, 1.165) is 0 Å². The number of rotatable bonds is 4. The van der Waals surface area contributed by atoms with E-state index in [1.165, 1.54) is 0 Å². The normalized spacial score (nSPS) is 13.2. The van der Waals surface area contributed by atoms with Gasteiger partial charge in [0.15, 0.2) is 0 Å². The van der Waals surface area contributed by atoms with Gasteiger partial charge in [0.05, 0.1) is 26.1 Å². The fourth-order valence-electron chi connectivity index (χ4n) is 1.12. The fraction of sp³-hybridized carbons (Fsp3) is 0.545. The molecule has 0 bridgehead atoms. The van der Waals surface area contributed by atoms with Gasteiger partial charge in [0.2, 0.25) is 0 Å². The Morgan fingerprint density at radius 1 is 1.53 bits per heavy atom. The second kappa shape index (κ2) is 5.37. The number of aliphatic hydroxyl groups is 1. The Kier molecular flexibility index (Phi) is 4.36. The van der Waals surface area contributed by atoms with E-state index in [9.17, 15) is 4.79 Å². The van der Waals surface area contributed by atoms with Crippen LogP contribution in [0.2, 0.25) is 19.6 Å². The number of hydrogen-bond donors (Lipinski definition) is 3. The van der Waals surface area contributed by atoms with Gasteiger partial charge in [-0.15, -0.1) is 0 Å². The second-order valence-corrected chi connectivity index (χ2v) is 10.6. The van der Waals surface area contributed by atoms with Gasteiger partial charge in [-0.05, 0) is 6.92 Å². The number of H-pyrrole nitrogens is 1. The highest BCUT2D eigenvalue weighted by Crippen LogP contribution is 2.16. The Bertz CT molecular complexity index is 384. The van der Waals surface area contributed by atoms with Crippen molar-refractivity contribution in [2.75, 3.05) is 5.32 Å². The first-order valence-electron chi connectivity index (χ1n) is 5.58. The molecule has 5 nitrogen and oxygen atoms in total. The minimum Gasteiger partial charge on any atom is -0.450 e. The van der Waals surface area contributed by atoms with Crippen molar-refractivity contribution in [3.63, 3.8) is 0 Å². The molecule has 0 fully saturated rings. The Morgan fingerprint density at radius 2 is 2.18 bits per heavy atom. The molecule has 3 N–H and O–H groups in total. The van der Waals surface area contributed by atoms with Crippen molar-refractivity contribution in [2.45, 2.75) is 38.9 Å². The molecule has 0 aliphatic carbocycles. The molecule has 0 saturated carbocycles. The van der Waals surface area contributed by atoms with Crippen LogP contribution in [0.25, 0.3) is 0 Å². The van der Waals surface area contributed by atoms with Crippen LogP contribution in [0, 0.1) is 0 Å². The summed E-state index contributed by atoms with van der Waals surface area (Å²) in [5.74, 6) is 0. The first-order valence-corrected chi connectivity index (χ1v) is 9.16. The molecular weight excluding hydrogens is 236 g/mol. The average Bonchev–Trinajstić information content (AvgIpc) is 2.63. The summed E-state index contributed by atoms with van der Waals surface area (Å²) in [6.45, 7) is 8.21. The topological polar surface area (TPSA) is 74.3 Å². The van der Waals surface area contributed by atoms with Crippen molar-refractivity contribution in [3.05, 3.63) is 18.0 Å². The van der Waals surface area contributed by atoms with E-state index >= 15 is 0 Å². The maximum absolute atomic E-state index is 11.6. The Balaban J connectivity index is 2.56. The van der Waals surface area contributed by atoms with Gasteiger partial charge in [-0.2, -0.15) is 0 Å². The van der Waals surface area contributed by atoms with E-state index in [0.29, 0.717) is 11.3 Å². The molecule has 0 spiro atoms. The number of aromatic nitrogens is 1. The number of anilines is 1. The van der Waals surface area contributed by atoms with E-state index in [2.05, 4.69) is 29.9 Å². The number of carbonyl (C=O) groups is 1. The molecule has 0 aliphatic heterocycles. The SMILES string of the molecule is CC(OC(=O)Nc1c[nH]cc1CO)[Si](C)(C)C. The third kappa shape index (κ3) is 3.90. The summed E-state index contributed by atoms with van der Waals surface area (Å²) in [5, 5.41) is 11.6. The van der Waals surface area contributed by atoms with E-state index in [-0.39, 0.29) is 12.3 Å². The lowest BCUT2D eigenvalue weighted by atomic mass is 10.3. The van der Waals surface area contributed by atoms with Crippen molar-refractivity contribution >= 4 is 19.9 Å². The number of carbonyl (C=O) groups excluding carboxylic acids is 1. The molecule has 96 valence electrons. The van der Waals surface area contributed by atoms with Gasteiger partial charge in [0.1, 0.15) is 0 Å². The van der Waals surface area contributed by atoms with Crippen molar-refractivity contribution in [1.29, 1.82) is 0 Å². The zero-order valence-corrected chi connectivity index (χ0v) is 11.7. The molecule has 1 aromatic heterocycles. The molecule has 1 aromatic rings. The van der Waals surface area contributed by atoms with Crippen LogP contribution in [-0.2, 0) is 11.3 Å². The van der Waals surface area contributed by atoms with Crippen LogP contribution in [0.4, 0.5) is 10.5 Å². The minimum absolute atomic E-state index is 0.0565. The fourth-order valence-corrected chi connectivity index (χ4v) is 1.58. The van der Waals surface area contributed by atoms with Crippen molar-refractivity contribution in [3.8, 4) is 0 Å². The van der Waals surface area contributed by atoms with Gasteiger partial charge in [-0.25, -0.2) is 4.79 Å². The summed E-state index contributed by atoms with van der Waals surface area (Å²) in [5.41, 5.74) is 1.14. The highest BCUT2D eigenvalue weighted by atomic mass is 28.3. The first kappa shape index (κ1) is 13.8. The van der Waals surface area contributed by atoms with Crippen LogP contribution in [0.5, 0.6) is 0 Å². The van der Waals surface area contributed by atoms with Crippen LogP contribution in [0.3, 0.4) is 0 Å². The highest BCUT2D eigenvalue weighted by Gasteiger charge is 2.26. The molecule has 1 unspecified atom stereocenters. The maximum Gasteiger partial charge on any atom is 0.411 e. The molecule has 6 heteroatoms. The highest BCUT2D eigenvalue weighted by molar-refractivity contribution is 6.77. The van der Waals surface area contributed by atoms with Crippen LogP contribution in [-0.4, -0.2) is 30.0 Å². The van der Waals surface area contributed by atoms with E-state index in [1.54, 1.807) is 12.4 Å². The summed E-state index contributed by atoms with van der Waals surface area (Å²) >= 11 is 0. The summed E-state index contributed by atoms with van der Waals surface area (Å²) in [6, 6.07) is 0. The van der Waals surface area contributed by atoms with Gasteiger partial charge < -0.3 is 14.8 Å². The maximum atomic E-state index is 11.6. The number of ether oxygens (including phenoxy) is 1. The third-order valence-corrected chi connectivity index (χ3v) is 5.30. The van der Waals surface area contributed by atoms with Crippen LogP contribution >= 0.6 is 0 Å². The lowest BCUT2D eigenvalue weighted by Gasteiger charge is -2.24. The van der Waals surface area contributed by atoms with Gasteiger partial charge in [0, 0.05) is 18.0 Å². The van der Waals surface area contributed by atoms with E-state index in [1.807, 2.05) is 6.92 Å². The summed E-state index contributed by atoms with van der Waals surface area (Å²) < 4.78 is 5.30. The smallest absolute Gasteiger partial charge is 0.411 e. The van der Waals surface area contributed by atoms with Crippen LogP contribution < -0.4 is 5.32 Å².